The van der Waals surface area contributed by atoms with Crippen molar-refractivity contribution in [2.75, 3.05) is 14.2 Å². The summed E-state index contributed by atoms with van der Waals surface area (Å²) in [6, 6.07) is 7.28. The Labute approximate surface area is 126 Å². The molecule has 2 rings (SSSR count). The maximum absolute atomic E-state index is 12.5. The molecule has 116 valence electrons. The lowest BCUT2D eigenvalue weighted by molar-refractivity contribution is -0.143. The van der Waals surface area contributed by atoms with E-state index in [4.69, 9.17) is 4.74 Å². The van der Waals surface area contributed by atoms with Crippen LogP contribution in [0.1, 0.15) is 44.3 Å². The highest BCUT2D eigenvalue weighted by atomic mass is 16.5. The molecule has 0 spiro atoms. The highest BCUT2D eigenvalue weighted by Gasteiger charge is 2.31. The van der Waals surface area contributed by atoms with Gasteiger partial charge < -0.3 is 14.7 Å². The number of carbonyl (C=O) groups excluding carboxylic acids is 1. The van der Waals surface area contributed by atoms with Gasteiger partial charge in [-0.3, -0.25) is 4.79 Å². The van der Waals surface area contributed by atoms with Crippen LogP contribution in [0, 0.1) is 5.92 Å². The largest absolute Gasteiger partial charge is 0.497 e. The number of aliphatic hydroxyl groups excluding tert-OH is 1. The topological polar surface area (TPSA) is 49.8 Å². The lowest BCUT2D eigenvalue weighted by atomic mass is 9.85. The molecule has 1 saturated carbocycles. The lowest BCUT2D eigenvalue weighted by Gasteiger charge is -2.37. The van der Waals surface area contributed by atoms with Crippen molar-refractivity contribution in [1.29, 1.82) is 0 Å². The van der Waals surface area contributed by atoms with E-state index in [-0.39, 0.29) is 11.9 Å². The SMILES string of the molecule is COc1cccc(C(O)C(=O)N(C)C2CCCCC2C)c1. The fourth-order valence-electron chi connectivity index (χ4n) is 3.18. The second kappa shape index (κ2) is 6.94. The van der Waals surface area contributed by atoms with E-state index in [2.05, 4.69) is 6.92 Å². The van der Waals surface area contributed by atoms with Gasteiger partial charge in [-0.25, -0.2) is 0 Å². The smallest absolute Gasteiger partial charge is 0.256 e. The Morgan fingerprint density at radius 2 is 2.10 bits per heavy atom. The van der Waals surface area contributed by atoms with Gasteiger partial charge in [-0.2, -0.15) is 0 Å². The number of aliphatic hydroxyl groups is 1. The summed E-state index contributed by atoms with van der Waals surface area (Å²) in [5.74, 6) is 0.903. The van der Waals surface area contributed by atoms with Crippen molar-refractivity contribution in [2.45, 2.75) is 44.8 Å². The Morgan fingerprint density at radius 3 is 2.76 bits per heavy atom. The summed E-state index contributed by atoms with van der Waals surface area (Å²) in [7, 11) is 3.38. The summed E-state index contributed by atoms with van der Waals surface area (Å²) in [6.45, 7) is 2.19. The van der Waals surface area contributed by atoms with Gasteiger partial charge in [0.2, 0.25) is 0 Å². The van der Waals surface area contributed by atoms with Gasteiger partial charge in [0.05, 0.1) is 7.11 Å². The van der Waals surface area contributed by atoms with E-state index in [1.807, 2.05) is 0 Å². The molecule has 0 aromatic heterocycles. The Bertz CT molecular complexity index is 489. The molecule has 0 radical (unpaired) electrons. The van der Waals surface area contributed by atoms with Gasteiger partial charge in [0.15, 0.2) is 6.10 Å². The third-order valence-electron chi connectivity index (χ3n) is 4.55. The molecule has 4 nitrogen and oxygen atoms in total. The summed E-state index contributed by atoms with van der Waals surface area (Å²) in [5, 5.41) is 10.3. The van der Waals surface area contributed by atoms with Gasteiger partial charge in [-0.05, 0) is 36.5 Å². The van der Waals surface area contributed by atoms with Gasteiger partial charge in [0, 0.05) is 13.1 Å². The van der Waals surface area contributed by atoms with Crippen molar-refractivity contribution in [1.82, 2.24) is 4.90 Å². The molecule has 1 amide bonds. The van der Waals surface area contributed by atoms with Crippen molar-refractivity contribution in [3.8, 4) is 5.75 Å². The summed E-state index contributed by atoms with van der Waals surface area (Å²) in [4.78, 5) is 14.3. The summed E-state index contributed by atoms with van der Waals surface area (Å²) >= 11 is 0. The summed E-state index contributed by atoms with van der Waals surface area (Å²) in [5.41, 5.74) is 0.578. The molecule has 0 aliphatic heterocycles. The van der Waals surface area contributed by atoms with Crippen molar-refractivity contribution in [3.05, 3.63) is 29.8 Å². The second-order valence-electron chi connectivity index (χ2n) is 5.96. The number of benzene rings is 1. The molecule has 21 heavy (non-hydrogen) atoms. The van der Waals surface area contributed by atoms with E-state index in [9.17, 15) is 9.90 Å². The van der Waals surface area contributed by atoms with Gasteiger partial charge in [0.25, 0.3) is 5.91 Å². The number of carbonyl (C=O) groups is 1. The first kappa shape index (κ1) is 15.8. The molecule has 0 saturated heterocycles. The zero-order valence-electron chi connectivity index (χ0n) is 13.1. The van der Waals surface area contributed by atoms with E-state index in [0.29, 0.717) is 17.2 Å². The number of ether oxygens (including phenoxy) is 1. The minimum Gasteiger partial charge on any atom is -0.497 e. The average molecular weight is 291 g/mol. The van der Waals surface area contributed by atoms with Crippen molar-refractivity contribution < 1.29 is 14.6 Å². The van der Waals surface area contributed by atoms with Gasteiger partial charge >= 0.3 is 0 Å². The molecule has 0 heterocycles. The van der Waals surface area contributed by atoms with Crippen LogP contribution in [0.3, 0.4) is 0 Å². The minimum absolute atomic E-state index is 0.228. The average Bonchev–Trinajstić information content (AvgIpc) is 2.53. The highest BCUT2D eigenvalue weighted by Crippen LogP contribution is 2.29. The minimum atomic E-state index is -1.13. The maximum atomic E-state index is 12.5. The summed E-state index contributed by atoms with van der Waals surface area (Å²) < 4.78 is 5.14. The number of likely N-dealkylation sites (N-methyl/N-ethyl adjacent to an activating group) is 1. The van der Waals surface area contributed by atoms with E-state index in [1.165, 1.54) is 6.42 Å². The Kier molecular flexibility index (Phi) is 5.23. The van der Waals surface area contributed by atoms with Crippen molar-refractivity contribution >= 4 is 5.91 Å². The predicted octanol–water partition coefficient (Wildman–Crippen LogP) is 2.77. The Morgan fingerprint density at radius 1 is 1.38 bits per heavy atom. The van der Waals surface area contributed by atoms with Crippen LogP contribution < -0.4 is 4.74 Å². The second-order valence-corrected chi connectivity index (χ2v) is 5.96. The van der Waals surface area contributed by atoms with Crippen LogP contribution in [0.25, 0.3) is 0 Å². The first-order valence-corrected chi connectivity index (χ1v) is 7.63. The predicted molar refractivity (Wildman–Crippen MR) is 82.1 cm³/mol. The van der Waals surface area contributed by atoms with Crippen LogP contribution in [-0.4, -0.2) is 36.1 Å². The number of nitrogens with zero attached hydrogens (tertiary/aromatic N) is 1. The third-order valence-corrected chi connectivity index (χ3v) is 4.55. The summed E-state index contributed by atoms with van der Waals surface area (Å²) in [6.07, 6.45) is 3.44. The monoisotopic (exact) mass is 291 g/mol. The van der Waals surface area contributed by atoms with E-state index >= 15 is 0 Å². The number of hydrogen-bond donors (Lipinski definition) is 1. The van der Waals surface area contributed by atoms with Gasteiger partial charge in [0.1, 0.15) is 5.75 Å². The molecule has 3 atom stereocenters. The van der Waals surface area contributed by atoms with E-state index in [0.717, 1.165) is 19.3 Å². The quantitative estimate of drug-likeness (QED) is 0.928. The van der Waals surface area contributed by atoms with Crippen LogP contribution in [0.2, 0.25) is 0 Å². The van der Waals surface area contributed by atoms with Crippen LogP contribution in [0.4, 0.5) is 0 Å². The number of methoxy groups -OCH3 is 1. The number of amides is 1. The lowest BCUT2D eigenvalue weighted by Crippen LogP contribution is -2.44. The van der Waals surface area contributed by atoms with Crippen LogP contribution >= 0.6 is 0 Å². The van der Waals surface area contributed by atoms with E-state index < -0.39 is 6.10 Å². The fourth-order valence-corrected chi connectivity index (χ4v) is 3.18. The van der Waals surface area contributed by atoms with Crippen molar-refractivity contribution in [2.24, 2.45) is 5.92 Å². The number of rotatable bonds is 4. The zero-order chi connectivity index (χ0) is 15.4. The molecule has 1 aliphatic rings. The van der Waals surface area contributed by atoms with Crippen LogP contribution in [0.5, 0.6) is 5.75 Å². The molecule has 1 fully saturated rings. The molecule has 1 aromatic rings. The molecular weight excluding hydrogens is 266 g/mol. The first-order chi connectivity index (χ1) is 10.0. The molecule has 4 heteroatoms. The van der Waals surface area contributed by atoms with Crippen LogP contribution in [0.15, 0.2) is 24.3 Å². The maximum Gasteiger partial charge on any atom is 0.256 e. The number of hydrogen-bond acceptors (Lipinski definition) is 3. The normalized spacial score (nSPS) is 23.4. The van der Waals surface area contributed by atoms with Gasteiger partial charge in [-0.15, -0.1) is 0 Å². The molecule has 1 N–H and O–H groups in total. The Balaban J connectivity index is 2.10. The highest BCUT2D eigenvalue weighted by molar-refractivity contribution is 5.82. The molecule has 1 aliphatic carbocycles. The molecule has 1 aromatic carbocycles. The third kappa shape index (κ3) is 3.56. The van der Waals surface area contributed by atoms with Crippen LogP contribution in [-0.2, 0) is 4.79 Å². The van der Waals surface area contributed by atoms with Gasteiger partial charge in [-0.1, -0.05) is 31.9 Å². The Hall–Kier alpha value is -1.55. The molecular formula is C17H25NO3. The van der Waals surface area contributed by atoms with E-state index in [1.54, 1.807) is 43.3 Å². The zero-order valence-corrected chi connectivity index (χ0v) is 13.1. The fraction of sp³-hybridized carbons (Fsp3) is 0.588. The molecule has 3 unspecified atom stereocenters. The molecule has 0 bridgehead atoms. The standard InChI is InChI=1S/C17H25NO3/c1-12-7-4-5-10-15(12)18(2)17(20)16(19)13-8-6-9-14(11-13)21-3/h6,8-9,11-12,15-16,19H,4-5,7,10H2,1-3H3. The first-order valence-electron chi connectivity index (χ1n) is 7.63. The van der Waals surface area contributed by atoms with Crippen molar-refractivity contribution in [3.63, 3.8) is 0 Å².